The molecular weight excluding hydrogens is 464 g/mol. The number of thiazole rings is 1. The Morgan fingerprint density at radius 1 is 1.26 bits per heavy atom. The monoisotopic (exact) mass is 489 g/mol. The van der Waals surface area contributed by atoms with E-state index in [1.165, 1.54) is 11.3 Å². The van der Waals surface area contributed by atoms with Crippen LogP contribution in [0.3, 0.4) is 0 Å². The molecule has 3 rings (SSSR count). The second-order valence-electron chi connectivity index (χ2n) is 7.89. The van der Waals surface area contributed by atoms with E-state index in [0.29, 0.717) is 30.1 Å². The molecule has 1 aromatic carbocycles. The van der Waals surface area contributed by atoms with Crippen molar-refractivity contribution >= 4 is 29.1 Å². The molecule has 2 aromatic rings. The second kappa shape index (κ2) is 10.7. The number of carbonyl (C=O) groups is 3. The zero-order valence-corrected chi connectivity index (χ0v) is 19.7. The summed E-state index contributed by atoms with van der Waals surface area (Å²) in [5, 5.41) is 13.6. The first kappa shape index (κ1) is 25.2. The van der Waals surface area contributed by atoms with Gasteiger partial charge in [0.05, 0.1) is 24.2 Å². The van der Waals surface area contributed by atoms with Gasteiger partial charge >= 0.3 is 0 Å². The molecule has 0 spiro atoms. The number of nitrogens with one attached hydrogen (secondary N) is 1. The van der Waals surface area contributed by atoms with Crippen molar-refractivity contribution in [2.75, 3.05) is 26.2 Å². The van der Waals surface area contributed by atoms with E-state index in [2.05, 4.69) is 10.3 Å². The van der Waals surface area contributed by atoms with Gasteiger partial charge in [-0.1, -0.05) is 12.1 Å². The maximum atomic E-state index is 13.5. The largest absolute Gasteiger partial charge is 0.342 e. The number of aromatic nitrogens is 1. The van der Waals surface area contributed by atoms with E-state index in [1.54, 1.807) is 28.5 Å². The first-order chi connectivity index (χ1) is 16.2. The Kier molecular flexibility index (Phi) is 7.94. The number of hydrogen-bond donors (Lipinski definition) is 1. The number of hydrogen-bond acceptors (Lipinski definition) is 6. The van der Waals surface area contributed by atoms with E-state index < -0.39 is 43.3 Å². The zero-order valence-electron chi connectivity index (χ0n) is 18.9. The van der Waals surface area contributed by atoms with Gasteiger partial charge in [0.2, 0.25) is 5.91 Å². The molecule has 1 saturated heterocycles. The summed E-state index contributed by atoms with van der Waals surface area (Å²) in [6.07, 6.45) is -0.243. The van der Waals surface area contributed by atoms with Crippen LogP contribution in [0.2, 0.25) is 0 Å². The Hall–Kier alpha value is -3.39. The Morgan fingerprint density at radius 2 is 1.94 bits per heavy atom. The lowest BCUT2D eigenvalue weighted by Crippen LogP contribution is -2.43. The molecule has 0 radical (unpaired) electrons. The Bertz CT molecular complexity index is 1090. The second-order valence-corrected chi connectivity index (χ2v) is 8.83. The van der Waals surface area contributed by atoms with Crippen molar-refractivity contribution < 1.29 is 23.2 Å². The molecule has 1 aliphatic rings. The molecule has 1 atom stereocenters. The molecule has 11 heteroatoms. The van der Waals surface area contributed by atoms with Gasteiger partial charge in [0.15, 0.2) is 0 Å². The smallest absolute Gasteiger partial charge is 0.271 e. The summed E-state index contributed by atoms with van der Waals surface area (Å²) in [6, 6.07) is 7.70. The fourth-order valence-electron chi connectivity index (χ4n) is 3.67. The highest BCUT2D eigenvalue weighted by Gasteiger charge is 2.47. The summed E-state index contributed by atoms with van der Waals surface area (Å²) in [7, 11) is 0. The quantitative estimate of drug-likeness (QED) is 0.614. The molecule has 1 N–H and O–H groups in total. The predicted octanol–water partition coefficient (Wildman–Crippen LogP) is 2.71. The van der Waals surface area contributed by atoms with Crippen molar-refractivity contribution in [3.05, 3.63) is 51.5 Å². The number of rotatable bonds is 8. The van der Waals surface area contributed by atoms with Gasteiger partial charge in [0.25, 0.3) is 17.7 Å². The number of nitrogens with zero attached hydrogens (tertiary/aromatic N) is 4. The molecule has 0 bridgehead atoms. The van der Waals surface area contributed by atoms with Crippen LogP contribution in [-0.4, -0.2) is 70.6 Å². The Balaban J connectivity index is 1.55. The highest BCUT2D eigenvalue weighted by Crippen LogP contribution is 2.31. The predicted molar refractivity (Wildman–Crippen MR) is 122 cm³/mol. The fourth-order valence-corrected chi connectivity index (χ4v) is 4.48. The van der Waals surface area contributed by atoms with Crippen LogP contribution in [0.5, 0.6) is 0 Å². The van der Waals surface area contributed by atoms with E-state index in [1.807, 2.05) is 26.0 Å². The minimum absolute atomic E-state index is 0.0296. The van der Waals surface area contributed by atoms with Crippen LogP contribution in [0, 0.1) is 11.3 Å². The zero-order chi connectivity index (χ0) is 24.9. The molecule has 8 nitrogen and oxygen atoms in total. The summed E-state index contributed by atoms with van der Waals surface area (Å²) >= 11 is 1.27. The average molecular weight is 490 g/mol. The van der Waals surface area contributed by atoms with E-state index in [0.717, 1.165) is 10.5 Å². The van der Waals surface area contributed by atoms with Crippen molar-refractivity contribution in [2.45, 2.75) is 38.7 Å². The molecular formula is C23H25F2N5O3S. The summed E-state index contributed by atoms with van der Waals surface area (Å²) in [4.78, 5) is 43.8. The SMILES string of the molecule is CCN(CC)C(=O)c1ccc(Cc2nc(C(=O)NCC(=O)N3CC(F)(F)C[C@H]3C#N)cs2)cc1. The number of likely N-dealkylation sites (tertiary alicyclic amines) is 1. The molecule has 34 heavy (non-hydrogen) atoms. The Labute approximate surface area is 200 Å². The minimum atomic E-state index is -3.11. The van der Waals surface area contributed by atoms with Crippen LogP contribution in [0.25, 0.3) is 0 Å². The van der Waals surface area contributed by atoms with Crippen LogP contribution >= 0.6 is 11.3 Å². The number of carbonyl (C=O) groups excluding carboxylic acids is 3. The van der Waals surface area contributed by atoms with E-state index in [9.17, 15) is 23.2 Å². The number of alkyl halides is 2. The summed E-state index contributed by atoms with van der Waals surface area (Å²) < 4.78 is 27.0. The van der Waals surface area contributed by atoms with Gasteiger partial charge in [-0.05, 0) is 31.5 Å². The van der Waals surface area contributed by atoms with Gasteiger partial charge in [-0.25, -0.2) is 13.8 Å². The highest BCUT2D eigenvalue weighted by atomic mass is 32.1. The first-order valence-corrected chi connectivity index (χ1v) is 11.7. The van der Waals surface area contributed by atoms with Gasteiger partial charge in [0.1, 0.15) is 11.7 Å². The third kappa shape index (κ3) is 5.94. The molecule has 1 fully saturated rings. The van der Waals surface area contributed by atoms with E-state index in [4.69, 9.17) is 5.26 Å². The van der Waals surface area contributed by atoms with Gasteiger partial charge in [-0.3, -0.25) is 14.4 Å². The first-order valence-electron chi connectivity index (χ1n) is 10.8. The maximum Gasteiger partial charge on any atom is 0.271 e. The number of amides is 3. The molecule has 180 valence electrons. The van der Waals surface area contributed by atoms with Gasteiger partial charge in [-0.2, -0.15) is 5.26 Å². The van der Waals surface area contributed by atoms with Crippen molar-refractivity contribution in [1.29, 1.82) is 5.26 Å². The van der Waals surface area contributed by atoms with E-state index in [-0.39, 0.29) is 11.6 Å². The minimum Gasteiger partial charge on any atom is -0.342 e. The molecule has 1 aliphatic heterocycles. The normalized spacial score (nSPS) is 16.7. The molecule has 1 aromatic heterocycles. The molecule has 0 saturated carbocycles. The summed E-state index contributed by atoms with van der Waals surface area (Å²) in [6.45, 7) is 3.79. The molecule has 0 aliphatic carbocycles. The van der Waals surface area contributed by atoms with Gasteiger partial charge in [0, 0.05) is 36.9 Å². The Morgan fingerprint density at radius 3 is 2.56 bits per heavy atom. The molecule has 0 unspecified atom stereocenters. The molecule has 3 amide bonds. The third-order valence-electron chi connectivity index (χ3n) is 5.53. The summed E-state index contributed by atoms with van der Waals surface area (Å²) in [5.41, 5.74) is 1.64. The van der Waals surface area contributed by atoms with Gasteiger partial charge in [-0.15, -0.1) is 11.3 Å². The van der Waals surface area contributed by atoms with Crippen LogP contribution < -0.4 is 5.32 Å². The number of nitriles is 1. The molecule has 2 heterocycles. The van der Waals surface area contributed by atoms with Crippen molar-refractivity contribution in [3.8, 4) is 6.07 Å². The van der Waals surface area contributed by atoms with Crippen molar-refractivity contribution in [3.63, 3.8) is 0 Å². The van der Waals surface area contributed by atoms with Crippen molar-refractivity contribution in [1.82, 2.24) is 20.1 Å². The van der Waals surface area contributed by atoms with Crippen LogP contribution in [0.1, 0.15) is 51.7 Å². The highest BCUT2D eigenvalue weighted by molar-refractivity contribution is 7.09. The van der Waals surface area contributed by atoms with E-state index >= 15 is 0 Å². The third-order valence-corrected chi connectivity index (χ3v) is 6.38. The lowest BCUT2D eigenvalue weighted by atomic mass is 10.1. The lowest BCUT2D eigenvalue weighted by molar-refractivity contribution is -0.131. The van der Waals surface area contributed by atoms with Crippen LogP contribution in [0.4, 0.5) is 8.78 Å². The number of halogens is 2. The average Bonchev–Trinajstić information content (AvgIpc) is 3.41. The van der Waals surface area contributed by atoms with Crippen LogP contribution in [0.15, 0.2) is 29.6 Å². The summed E-state index contributed by atoms with van der Waals surface area (Å²) in [5.74, 6) is -4.48. The van der Waals surface area contributed by atoms with Crippen molar-refractivity contribution in [2.24, 2.45) is 0 Å². The topological polar surface area (TPSA) is 106 Å². The standard InChI is InChI=1S/C23H25F2N5O3S/c1-3-29(4-2)22(33)16-7-5-15(6-8-16)9-19-28-18(13-34-19)21(32)27-12-20(31)30-14-23(24,25)10-17(30)11-26/h5-8,13,17H,3-4,9-10,12,14H2,1-2H3,(H,27,32)/t17-/m0/s1. The lowest BCUT2D eigenvalue weighted by Gasteiger charge is -2.19. The van der Waals surface area contributed by atoms with Crippen LogP contribution in [-0.2, 0) is 11.2 Å². The number of benzene rings is 1. The fraction of sp³-hybridized carbons (Fsp3) is 0.435. The van der Waals surface area contributed by atoms with Gasteiger partial charge < -0.3 is 15.1 Å². The maximum absolute atomic E-state index is 13.5.